The highest BCUT2D eigenvalue weighted by atomic mass is 79.9. The third-order valence-electron chi connectivity index (χ3n) is 3.18. The predicted molar refractivity (Wildman–Crippen MR) is 83.6 cm³/mol. The Hall–Kier alpha value is -0.850. The second-order valence-corrected chi connectivity index (χ2v) is 6.60. The number of nitrogens with zero attached hydrogens (tertiary/aromatic N) is 2. The summed E-state index contributed by atoms with van der Waals surface area (Å²) in [6.45, 7) is 4.20. The van der Waals surface area contributed by atoms with Gasteiger partial charge in [-0.1, -0.05) is 34.3 Å². The Labute approximate surface area is 130 Å². The molecule has 0 aliphatic carbocycles. The number of likely N-dealkylation sites (N-methyl/N-ethyl adjacent to an activating group) is 1. The smallest absolute Gasteiger partial charge is 0.123 e. The maximum atomic E-state index is 13.4. The van der Waals surface area contributed by atoms with E-state index < -0.39 is 0 Å². The lowest BCUT2D eigenvalue weighted by Gasteiger charge is -2.17. The van der Waals surface area contributed by atoms with Crippen LogP contribution in [0, 0.1) is 5.82 Å². The first-order valence-corrected chi connectivity index (χ1v) is 8.03. The molecule has 0 saturated carbocycles. The van der Waals surface area contributed by atoms with Gasteiger partial charge in [0.05, 0.1) is 10.6 Å². The van der Waals surface area contributed by atoms with Crippen molar-refractivity contribution < 1.29 is 4.39 Å². The maximum absolute atomic E-state index is 13.4. The van der Waals surface area contributed by atoms with Gasteiger partial charge in [-0.15, -0.1) is 5.10 Å². The van der Waals surface area contributed by atoms with Gasteiger partial charge >= 0.3 is 0 Å². The van der Waals surface area contributed by atoms with E-state index in [4.69, 9.17) is 0 Å². The van der Waals surface area contributed by atoms with Gasteiger partial charge in [0.25, 0.3) is 0 Å². The van der Waals surface area contributed by atoms with E-state index in [-0.39, 0.29) is 11.9 Å². The first-order valence-electron chi connectivity index (χ1n) is 6.46. The summed E-state index contributed by atoms with van der Waals surface area (Å²) in [6.07, 6.45) is 0.693. The zero-order chi connectivity index (χ0) is 14.7. The average Bonchev–Trinajstić information content (AvgIpc) is 2.89. The summed E-state index contributed by atoms with van der Waals surface area (Å²) in [5.41, 5.74) is 1.95. The lowest BCUT2D eigenvalue weighted by Crippen LogP contribution is -2.19. The number of benzene rings is 1. The van der Waals surface area contributed by atoms with Gasteiger partial charge in [-0.25, -0.2) is 4.39 Å². The van der Waals surface area contributed by atoms with E-state index in [9.17, 15) is 4.39 Å². The van der Waals surface area contributed by atoms with Crippen LogP contribution in [-0.2, 0) is 6.42 Å². The Bertz CT molecular complexity index is 586. The van der Waals surface area contributed by atoms with Crippen LogP contribution in [0.1, 0.15) is 41.9 Å². The van der Waals surface area contributed by atoms with Crippen molar-refractivity contribution in [2.75, 3.05) is 7.05 Å². The third-order valence-corrected chi connectivity index (χ3v) is 4.81. The molecular formula is C14H17BrFN3S. The Morgan fingerprint density at radius 3 is 2.80 bits per heavy atom. The summed E-state index contributed by atoms with van der Waals surface area (Å²) in [6, 6.07) is 4.85. The van der Waals surface area contributed by atoms with E-state index in [0.29, 0.717) is 12.3 Å². The van der Waals surface area contributed by atoms with Crippen molar-refractivity contribution in [3.63, 3.8) is 0 Å². The first-order chi connectivity index (χ1) is 9.52. The van der Waals surface area contributed by atoms with E-state index in [1.165, 1.54) is 17.6 Å². The van der Waals surface area contributed by atoms with Crippen molar-refractivity contribution in [2.45, 2.75) is 32.2 Å². The van der Waals surface area contributed by atoms with E-state index >= 15 is 0 Å². The largest absolute Gasteiger partial charge is 0.312 e. The lowest BCUT2D eigenvalue weighted by molar-refractivity contribution is 0.581. The molecule has 0 aliphatic heterocycles. The number of nitrogens with one attached hydrogen (secondary N) is 1. The Morgan fingerprint density at radius 1 is 1.40 bits per heavy atom. The van der Waals surface area contributed by atoms with Crippen LogP contribution in [0.25, 0.3) is 0 Å². The molecule has 0 saturated heterocycles. The van der Waals surface area contributed by atoms with Gasteiger partial charge in [-0.2, -0.15) is 0 Å². The van der Waals surface area contributed by atoms with Crippen LogP contribution in [0.3, 0.4) is 0 Å². The van der Waals surface area contributed by atoms with Crippen LogP contribution < -0.4 is 5.32 Å². The normalized spacial score (nSPS) is 12.9. The van der Waals surface area contributed by atoms with E-state index in [2.05, 4.69) is 44.7 Å². The standard InChI is InChI=1S/C14H17BrFN3S/c1-8(2)13-14(20-19-18-13)12(17-3)7-9-6-10(16)4-5-11(9)15/h4-6,8,12,17H,7H2,1-3H3. The van der Waals surface area contributed by atoms with Crippen LogP contribution >= 0.6 is 27.5 Å². The van der Waals surface area contributed by atoms with E-state index in [0.717, 1.165) is 20.6 Å². The molecule has 1 heterocycles. The molecule has 6 heteroatoms. The number of rotatable bonds is 5. The molecule has 0 bridgehead atoms. The van der Waals surface area contributed by atoms with Crippen molar-refractivity contribution in [3.05, 3.63) is 44.6 Å². The van der Waals surface area contributed by atoms with Crippen LogP contribution in [0.4, 0.5) is 4.39 Å². The molecule has 1 unspecified atom stereocenters. The van der Waals surface area contributed by atoms with E-state index in [1.54, 1.807) is 12.1 Å². The fraction of sp³-hybridized carbons (Fsp3) is 0.429. The molecule has 0 aliphatic rings. The highest BCUT2D eigenvalue weighted by Crippen LogP contribution is 2.30. The van der Waals surface area contributed by atoms with Gasteiger partial charge in [0.1, 0.15) is 5.82 Å². The molecule has 1 atom stereocenters. The first kappa shape index (κ1) is 15.5. The summed E-state index contributed by atoms with van der Waals surface area (Å²) in [7, 11) is 1.90. The van der Waals surface area contributed by atoms with Gasteiger partial charge < -0.3 is 5.32 Å². The lowest BCUT2D eigenvalue weighted by atomic mass is 10.0. The minimum Gasteiger partial charge on any atom is -0.312 e. The highest BCUT2D eigenvalue weighted by Gasteiger charge is 2.21. The predicted octanol–water partition coefficient (Wildman–Crippen LogP) is 4.07. The molecule has 0 spiro atoms. The molecule has 3 nitrogen and oxygen atoms in total. The summed E-state index contributed by atoms with van der Waals surface area (Å²) in [5, 5.41) is 7.49. The van der Waals surface area contributed by atoms with Crippen LogP contribution in [-0.4, -0.2) is 16.6 Å². The minimum atomic E-state index is -0.218. The number of halogens is 2. The van der Waals surface area contributed by atoms with Crippen molar-refractivity contribution in [1.82, 2.24) is 14.9 Å². The van der Waals surface area contributed by atoms with Gasteiger partial charge in [-0.3, -0.25) is 0 Å². The number of aromatic nitrogens is 2. The van der Waals surface area contributed by atoms with Gasteiger partial charge in [0.2, 0.25) is 0 Å². The van der Waals surface area contributed by atoms with Crippen molar-refractivity contribution in [3.8, 4) is 0 Å². The summed E-state index contributed by atoms with van der Waals surface area (Å²) < 4.78 is 18.4. The molecule has 1 aromatic carbocycles. The second-order valence-electron chi connectivity index (χ2n) is 4.96. The zero-order valence-corrected chi connectivity index (χ0v) is 14.1. The Balaban J connectivity index is 2.29. The van der Waals surface area contributed by atoms with Crippen molar-refractivity contribution in [2.24, 2.45) is 0 Å². The molecule has 108 valence electrons. The van der Waals surface area contributed by atoms with Crippen molar-refractivity contribution >= 4 is 27.5 Å². The zero-order valence-electron chi connectivity index (χ0n) is 11.7. The Kier molecular flexibility index (Phi) is 5.23. The molecule has 1 N–H and O–H groups in total. The highest BCUT2D eigenvalue weighted by molar-refractivity contribution is 9.10. The fourth-order valence-electron chi connectivity index (χ4n) is 2.09. The van der Waals surface area contributed by atoms with Crippen LogP contribution in [0.2, 0.25) is 0 Å². The summed E-state index contributed by atoms with van der Waals surface area (Å²) in [4.78, 5) is 1.12. The average molecular weight is 358 g/mol. The molecule has 2 rings (SSSR count). The quantitative estimate of drug-likeness (QED) is 0.876. The number of hydrogen-bond acceptors (Lipinski definition) is 4. The second kappa shape index (κ2) is 6.74. The third kappa shape index (κ3) is 3.42. The minimum absolute atomic E-state index is 0.0884. The van der Waals surface area contributed by atoms with E-state index in [1.807, 2.05) is 7.05 Å². The van der Waals surface area contributed by atoms with Crippen LogP contribution in [0.5, 0.6) is 0 Å². The molecule has 2 aromatic rings. The molecular weight excluding hydrogens is 341 g/mol. The van der Waals surface area contributed by atoms with Crippen molar-refractivity contribution in [1.29, 1.82) is 0 Å². The summed E-state index contributed by atoms with van der Waals surface area (Å²) >= 11 is 4.88. The van der Waals surface area contributed by atoms with Crippen LogP contribution in [0.15, 0.2) is 22.7 Å². The number of hydrogen-bond donors (Lipinski definition) is 1. The van der Waals surface area contributed by atoms with Gasteiger partial charge in [0, 0.05) is 10.5 Å². The molecule has 1 aromatic heterocycles. The summed E-state index contributed by atoms with van der Waals surface area (Å²) in [5.74, 6) is 0.111. The van der Waals surface area contributed by atoms with Gasteiger partial charge in [-0.05, 0) is 54.7 Å². The monoisotopic (exact) mass is 357 g/mol. The topological polar surface area (TPSA) is 37.8 Å². The maximum Gasteiger partial charge on any atom is 0.123 e. The Morgan fingerprint density at radius 2 is 2.15 bits per heavy atom. The molecule has 0 amide bonds. The molecule has 0 fully saturated rings. The SMILES string of the molecule is CNC(Cc1cc(F)ccc1Br)c1snnc1C(C)C. The fourth-order valence-corrected chi connectivity index (χ4v) is 3.42. The van der Waals surface area contributed by atoms with Gasteiger partial charge in [0.15, 0.2) is 0 Å². The molecule has 0 radical (unpaired) electrons. The molecule has 20 heavy (non-hydrogen) atoms.